The Morgan fingerprint density at radius 2 is 1.71 bits per heavy atom. The van der Waals surface area contributed by atoms with Crippen LogP contribution in [0.2, 0.25) is 0 Å². The third-order valence-corrected chi connectivity index (χ3v) is 2.26. The van der Waals surface area contributed by atoms with Crippen molar-refractivity contribution < 1.29 is 8.78 Å². The van der Waals surface area contributed by atoms with E-state index in [4.69, 9.17) is 0 Å². The molecule has 3 heteroatoms. The van der Waals surface area contributed by atoms with Crippen LogP contribution >= 0.6 is 15.9 Å². The number of hydrogen-bond donors (Lipinski definition) is 0. The van der Waals surface area contributed by atoms with Crippen LogP contribution in [0.1, 0.15) is 33.3 Å². The minimum Gasteiger partial charge on any atom is -0.239 e. The third kappa shape index (κ3) is 3.74. The zero-order valence-corrected chi connectivity index (χ0v) is 10.5. The molecule has 14 heavy (non-hydrogen) atoms. The smallest absolute Gasteiger partial charge is 0.131 e. The summed E-state index contributed by atoms with van der Waals surface area (Å²) < 4.78 is 26.6. The van der Waals surface area contributed by atoms with Gasteiger partial charge in [0.25, 0.3) is 0 Å². The molecule has 1 aromatic carbocycles. The number of alkyl halides is 1. The van der Waals surface area contributed by atoms with Crippen molar-refractivity contribution in [3.05, 3.63) is 34.1 Å². The molecule has 0 saturated heterocycles. The van der Waals surface area contributed by atoms with E-state index in [1.807, 2.05) is 13.8 Å². The van der Waals surface area contributed by atoms with E-state index in [1.54, 1.807) is 0 Å². The van der Waals surface area contributed by atoms with Gasteiger partial charge in [-0.15, -0.1) is 0 Å². The van der Waals surface area contributed by atoms with E-state index in [1.165, 1.54) is 32.0 Å². The van der Waals surface area contributed by atoms with Gasteiger partial charge in [0.2, 0.25) is 0 Å². The second-order valence-corrected chi connectivity index (χ2v) is 3.95. The topological polar surface area (TPSA) is 0 Å². The average molecular weight is 265 g/mol. The molecule has 0 aliphatic carbocycles. The molecule has 0 N–H and O–H groups in total. The quantitative estimate of drug-likeness (QED) is 0.683. The van der Waals surface area contributed by atoms with Crippen molar-refractivity contribution in [1.29, 1.82) is 0 Å². The number of benzene rings is 1. The largest absolute Gasteiger partial charge is 0.239 e. The van der Waals surface area contributed by atoms with Crippen LogP contribution < -0.4 is 0 Å². The lowest BCUT2D eigenvalue weighted by molar-refractivity contribution is 0.219. The molecule has 0 aromatic heterocycles. The first-order valence-corrected chi connectivity index (χ1v) is 5.35. The molecule has 0 aliphatic rings. The lowest BCUT2D eigenvalue weighted by atomic mass is 10.0. The lowest BCUT2D eigenvalue weighted by Crippen LogP contribution is -2.10. The Hall–Kier alpha value is -0.440. The van der Waals surface area contributed by atoms with Gasteiger partial charge in [0.15, 0.2) is 0 Å². The Bertz CT molecular complexity index is 290. The summed E-state index contributed by atoms with van der Waals surface area (Å²) in [5, 5.41) is 0. The standard InChI is InChI=1S/C9H9BrF2.C2H6/c1-9(2,12)7-5-6(11)3-4-8(7)10;1-2/h3-5H,1-2H3;1-2H3. The van der Waals surface area contributed by atoms with Crippen LogP contribution in [-0.2, 0) is 5.67 Å². The van der Waals surface area contributed by atoms with Crippen molar-refractivity contribution in [3.8, 4) is 0 Å². The highest BCUT2D eigenvalue weighted by Gasteiger charge is 2.21. The van der Waals surface area contributed by atoms with Gasteiger partial charge in [-0.3, -0.25) is 0 Å². The normalized spacial score (nSPS) is 10.5. The monoisotopic (exact) mass is 264 g/mol. The van der Waals surface area contributed by atoms with E-state index in [2.05, 4.69) is 15.9 Å². The van der Waals surface area contributed by atoms with E-state index in [9.17, 15) is 8.78 Å². The molecule has 0 amide bonds. The van der Waals surface area contributed by atoms with Gasteiger partial charge in [0, 0.05) is 10.0 Å². The van der Waals surface area contributed by atoms with Crippen LogP contribution in [0.25, 0.3) is 0 Å². The molecule has 0 radical (unpaired) electrons. The Balaban J connectivity index is 0.000000791. The highest BCUT2D eigenvalue weighted by molar-refractivity contribution is 9.10. The van der Waals surface area contributed by atoms with Crippen molar-refractivity contribution in [3.63, 3.8) is 0 Å². The van der Waals surface area contributed by atoms with Crippen LogP contribution in [0.4, 0.5) is 8.78 Å². The zero-order valence-electron chi connectivity index (χ0n) is 8.87. The average Bonchev–Trinajstić information content (AvgIpc) is 2.11. The van der Waals surface area contributed by atoms with Gasteiger partial charge in [-0.25, -0.2) is 8.78 Å². The van der Waals surface area contributed by atoms with Gasteiger partial charge in [-0.05, 0) is 32.0 Å². The molecule has 0 bridgehead atoms. The second-order valence-electron chi connectivity index (χ2n) is 3.10. The van der Waals surface area contributed by atoms with Gasteiger partial charge in [-0.2, -0.15) is 0 Å². The van der Waals surface area contributed by atoms with E-state index in [0.29, 0.717) is 10.0 Å². The van der Waals surface area contributed by atoms with Gasteiger partial charge < -0.3 is 0 Å². The van der Waals surface area contributed by atoms with Crippen LogP contribution in [0.5, 0.6) is 0 Å². The molecule has 0 nitrogen and oxygen atoms in total. The summed E-state index contributed by atoms with van der Waals surface area (Å²) in [7, 11) is 0. The maximum atomic E-state index is 13.4. The summed E-state index contributed by atoms with van der Waals surface area (Å²) in [5.74, 6) is -0.418. The summed E-state index contributed by atoms with van der Waals surface area (Å²) in [6.07, 6.45) is 0. The van der Waals surface area contributed by atoms with Crippen LogP contribution in [0.15, 0.2) is 22.7 Å². The summed E-state index contributed by atoms with van der Waals surface area (Å²) >= 11 is 3.16. The Labute approximate surface area is 92.5 Å². The fourth-order valence-corrected chi connectivity index (χ4v) is 1.67. The van der Waals surface area contributed by atoms with Gasteiger partial charge in [0.1, 0.15) is 11.5 Å². The van der Waals surface area contributed by atoms with E-state index in [0.717, 1.165) is 0 Å². The third-order valence-electron chi connectivity index (χ3n) is 1.57. The van der Waals surface area contributed by atoms with Crippen molar-refractivity contribution >= 4 is 15.9 Å². The van der Waals surface area contributed by atoms with E-state index in [-0.39, 0.29) is 0 Å². The van der Waals surface area contributed by atoms with Crippen molar-refractivity contribution in [2.45, 2.75) is 33.4 Å². The lowest BCUT2D eigenvalue weighted by Gasteiger charge is -2.16. The Morgan fingerprint density at radius 3 is 2.07 bits per heavy atom. The zero-order chi connectivity index (χ0) is 11.4. The molecule has 1 aromatic rings. The fraction of sp³-hybridized carbons (Fsp3) is 0.455. The summed E-state index contributed by atoms with van der Waals surface area (Å²) in [4.78, 5) is 0. The van der Waals surface area contributed by atoms with Gasteiger partial charge in [0.05, 0.1) is 0 Å². The molecule has 0 saturated carbocycles. The highest BCUT2D eigenvalue weighted by atomic mass is 79.9. The molecule has 0 aliphatic heterocycles. The van der Waals surface area contributed by atoms with Crippen molar-refractivity contribution in [2.75, 3.05) is 0 Å². The van der Waals surface area contributed by atoms with Crippen LogP contribution in [0, 0.1) is 5.82 Å². The van der Waals surface area contributed by atoms with Crippen molar-refractivity contribution in [2.24, 2.45) is 0 Å². The van der Waals surface area contributed by atoms with Crippen molar-refractivity contribution in [1.82, 2.24) is 0 Å². The molecule has 0 heterocycles. The van der Waals surface area contributed by atoms with Crippen LogP contribution in [-0.4, -0.2) is 0 Å². The second kappa shape index (κ2) is 5.44. The highest BCUT2D eigenvalue weighted by Crippen LogP contribution is 2.31. The SMILES string of the molecule is CC.CC(C)(F)c1cc(F)ccc1Br. The van der Waals surface area contributed by atoms with Crippen LogP contribution in [0.3, 0.4) is 0 Å². The number of hydrogen-bond acceptors (Lipinski definition) is 0. The summed E-state index contributed by atoms with van der Waals surface area (Å²) in [6, 6.07) is 4.00. The molecule has 0 atom stereocenters. The molecule has 0 unspecified atom stereocenters. The van der Waals surface area contributed by atoms with E-state index >= 15 is 0 Å². The van der Waals surface area contributed by atoms with Gasteiger partial charge in [-0.1, -0.05) is 29.8 Å². The molecule has 80 valence electrons. The first-order chi connectivity index (χ1) is 6.41. The number of halogens is 3. The molecular weight excluding hydrogens is 250 g/mol. The van der Waals surface area contributed by atoms with E-state index < -0.39 is 11.5 Å². The predicted molar refractivity (Wildman–Crippen MR) is 59.6 cm³/mol. The molecule has 0 spiro atoms. The minimum atomic E-state index is -1.51. The first kappa shape index (κ1) is 13.6. The Morgan fingerprint density at radius 1 is 1.21 bits per heavy atom. The van der Waals surface area contributed by atoms with Gasteiger partial charge >= 0.3 is 0 Å². The Kier molecular flexibility index (Phi) is 5.27. The molecule has 0 fully saturated rings. The summed E-state index contributed by atoms with van der Waals surface area (Å²) in [6.45, 7) is 6.79. The molecule has 1 rings (SSSR count). The minimum absolute atomic E-state index is 0.336. The predicted octanol–water partition coefficient (Wildman–Crippen LogP) is 4.82. The maximum Gasteiger partial charge on any atom is 0.131 e. The maximum absolute atomic E-state index is 13.4. The first-order valence-electron chi connectivity index (χ1n) is 4.55. The molecular formula is C11H15BrF2. The number of rotatable bonds is 1. The summed E-state index contributed by atoms with van der Waals surface area (Å²) in [5.41, 5.74) is -1.18. The fourth-order valence-electron chi connectivity index (χ4n) is 0.953.